The molecule has 0 aromatic rings. The molecule has 0 aromatic carbocycles. The van der Waals surface area contributed by atoms with Gasteiger partial charge in [0.25, 0.3) is 0 Å². The van der Waals surface area contributed by atoms with Crippen molar-refractivity contribution in [1.82, 2.24) is 5.32 Å². The van der Waals surface area contributed by atoms with Gasteiger partial charge in [0.05, 0.1) is 25.4 Å². The van der Waals surface area contributed by atoms with Crippen molar-refractivity contribution in [1.29, 1.82) is 0 Å². The lowest BCUT2D eigenvalue weighted by Crippen LogP contribution is -2.60. The van der Waals surface area contributed by atoms with E-state index in [1.807, 2.05) is 6.08 Å². The summed E-state index contributed by atoms with van der Waals surface area (Å²) in [5.41, 5.74) is 0. The van der Waals surface area contributed by atoms with Crippen molar-refractivity contribution >= 4 is 5.91 Å². The van der Waals surface area contributed by atoms with Crippen LogP contribution in [-0.4, -0.2) is 87.5 Å². The summed E-state index contributed by atoms with van der Waals surface area (Å²) in [7, 11) is 0. The molecule has 7 unspecified atom stereocenters. The number of carbonyl (C=O) groups excluding carboxylic acids is 1. The van der Waals surface area contributed by atoms with Crippen LogP contribution in [0.5, 0.6) is 0 Å². The fourth-order valence-electron chi connectivity index (χ4n) is 8.04. The van der Waals surface area contributed by atoms with E-state index in [-0.39, 0.29) is 12.5 Å². The first-order chi connectivity index (χ1) is 31.3. The molecule has 0 bridgehead atoms. The first kappa shape index (κ1) is 59.9. The second-order valence-corrected chi connectivity index (χ2v) is 18.3. The van der Waals surface area contributed by atoms with Gasteiger partial charge < -0.3 is 40.3 Å². The van der Waals surface area contributed by atoms with E-state index in [0.717, 1.165) is 64.2 Å². The van der Waals surface area contributed by atoms with Gasteiger partial charge in [0.1, 0.15) is 24.4 Å². The van der Waals surface area contributed by atoms with E-state index in [1.54, 1.807) is 6.08 Å². The van der Waals surface area contributed by atoms with Crippen LogP contribution < -0.4 is 5.32 Å². The Hall–Kier alpha value is -2.11. The molecule has 9 nitrogen and oxygen atoms in total. The summed E-state index contributed by atoms with van der Waals surface area (Å²) in [6.07, 6.45) is 52.7. The molecule has 1 rings (SSSR count). The van der Waals surface area contributed by atoms with E-state index in [2.05, 4.69) is 67.8 Å². The normalized spacial score (nSPS) is 20.5. The Morgan fingerprint density at radius 3 is 1.44 bits per heavy atom. The van der Waals surface area contributed by atoms with E-state index < -0.39 is 49.5 Å². The maximum Gasteiger partial charge on any atom is 0.220 e. The smallest absolute Gasteiger partial charge is 0.220 e. The number of hydrogen-bond acceptors (Lipinski definition) is 8. The highest BCUT2D eigenvalue weighted by Gasteiger charge is 2.44. The van der Waals surface area contributed by atoms with Crippen molar-refractivity contribution in [2.75, 3.05) is 13.2 Å². The Morgan fingerprint density at radius 1 is 0.531 bits per heavy atom. The number of rotatable bonds is 44. The molecule has 6 N–H and O–H groups in total. The Balaban J connectivity index is 2.32. The van der Waals surface area contributed by atoms with Crippen LogP contribution >= 0.6 is 0 Å². The van der Waals surface area contributed by atoms with Crippen molar-refractivity contribution in [3.63, 3.8) is 0 Å². The highest BCUT2D eigenvalue weighted by Crippen LogP contribution is 2.23. The van der Waals surface area contributed by atoms with Crippen LogP contribution in [0.15, 0.2) is 60.8 Å². The molecule has 0 aliphatic carbocycles. The highest BCUT2D eigenvalue weighted by atomic mass is 16.7. The van der Waals surface area contributed by atoms with Crippen molar-refractivity contribution in [2.45, 2.75) is 269 Å². The molecular formula is C55H99NO8. The standard InChI is InChI=1S/C55H99NO8/c1-3-5-7-9-11-13-15-17-19-21-22-23-24-25-26-27-29-30-32-34-36-38-40-42-44-49(58)48(47-63-55-54(62)53(61)52(60)50(46-57)64-55)56-51(59)45-43-41-39-37-35-33-31-28-20-18-16-14-12-10-8-6-4-2/h12,14,18,20,27,29,34,36,42,44,48-50,52-55,57-58,60-62H,3-11,13,15-17,19,21-26,28,30-33,35,37-41,43,45-47H2,1-2H3,(H,56,59)/b14-12-,20-18-,29-27+,36-34+,44-42+. The Kier molecular flexibility index (Phi) is 41.9. The van der Waals surface area contributed by atoms with Gasteiger partial charge in [-0.25, -0.2) is 0 Å². The number of aliphatic hydroxyl groups excluding tert-OH is 5. The monoisotopic (exact) mass is 902 g/mol. The molecule has 0 aromatic heterocycles. The summed E-state index contributed by atoms with van der Waals surface area (Å²) in [5, 5.41) is 54.3. The van der Waals surface area contributed by atoms with Crippen molar-refractivity contribution < 1.29 is 39.8 Å². The lowest BCUT2D eigenvalue weighted by molar-refractivity contribution is -0.302. The molecule has 1 fully saturated rings. The highest BCUT2D eigenvalue weighted by molar-refractivity contribution is 5.76. The lowest BCUT2D eigenvalue weighted by atomic mass is 9.99. The van der Waals surface area contributed by atoms with Crippen molar-refractivity contribution in [3.05, 3.63) is 60.8 Å². The summed E-state index contributed by atoms with van der Waals surface area (Å²) in [6, 6.07) is -0.834. The molecule has 0 spiro atoms. The summed E-state index contributed by atoms with van der Waals surface area (Å²) in [5.74, 6) is -0.200. The van der Waals surface area contributed by atoms with Crippen LogP contribution in [0.4, 0.5) is 0 Å². The molecule has 0 radical (unpaired) electrons. The zero-order chi connectivity index (χ0) is 46.6. The third-order valence-corrected chi connectivity index (χ3v) is 12.3. The fraction of sp³-hybridized carbons (Fsp3) is 0.800. The molecule has 7 atom stereocenters. The molecule has 1 heterocycles. The number of nitrogens with one attached hydrogen (secondary N) is 1. The van der Waals surface area contributed by atoms with Gasteiger partial charge in [-0.05, 0) is 77.0 Å². The zero-order valence-electron chi connectivity index (χ0n) is 41.0. The van der Waals surface area contributed by atoms with Crippen molar-refractivity contribution in [2.24, 2.45) is 0 Å². The summed E-state index contributed by atoms with van der Waals surface area (Å²) >= 11 is 0. The summed E-state index contributed by atoms with van der Waals surface area (Å²) in [4.78, 5) is 13.0. The molecule has 0 saturated carbocycles. The fourth-order valence-corrected chi connectivity index (χ4v) is 8.04. The average Bonchev–Trinajstić information content (AvgIpc) is 3.29. The van der Waals surface area contributed by atoms with Gasteiger partial charge in [-0.2, -0.15) is 0 Å². The number of carbonyl (C=O) groups is 1. The number of unbranched alkanes of at least 4 members (excludes halogenated alkanes) is 26. The third-order valence-electron chi connectivity index (χ3n) is 12.3. The Labute approximate surface area is 392 Å². The first-order valence-electron chi connectivity index (χ1n) is 26.5. The van der Waals surface area contributed by atoms with Gasteiger partial charge in [-0.15, -0.1) is 0 Å². The maximum atomic E-state index is 13.0. The van der Waals surface area contributed by atoms with Crippen LogP contribution in [-0.2, 0) is 14.3 Å². The van der Waals surface area contributed by atoms with Gasteiger partial charge in [0.15, 0.2) is 6.29 Å². The minimum atomic E-state index is -1.58. The number of ether oxygens (including phenoxy) is 2. The molecule has 1 aliphatic heterocycles. The molecule has 1 saturated heterocycles. The van der Waals surface area contributed by atoms with Crippen LogP contribution in [0.1, 0.15) is 226 Å². The lowest BCUT2D eigenvalue weighted by Gasteiger charge is -2.40. The van der Waals surface area contributed by atoms with Gasteiger partial charge >= 0.3 is 0 Å². The number of amides is 1. The third kappa shape index (κ3) is 34.2. The van der Waals surface area contributed by atoms with Crippen LogP contribution in [0.2, 0.25) is 0 Å². The van der Waals surface area contributed by atoms with E-state index >= 15 is 0 Å². The van der Waals surface area contributed by atoms with Gasteiger partial charge in [0, 0.05) is 6.42 Å². The SMILES string of the molecule is CCCCC/C=C\C/C=C\CCCCCCCCCC(=O)NC(COC1OC(CO)C(O)C(O)C1O)C(O)/C=C/CC/C=C/CC/C=C/CCCCCCCCCCCCCCCC. The topological polar surface area (TPSA) is 149 Å². The second-order valence-electron chi connectivity index (χ2n) is 18.3. The molecule has 9 heteroatoms. The quantitative estimate of drug-likeness (QED) is 0.0262. The zero-order valence-corrected chi connectivity index (χ0v) is 41.0. The molecule has 1 amide bonds. The second kappa shape index (κ2) is 44.7. The predicted octanol–water partition coefficient (Wildman–Crippen LogP) is 12.3. The molecule has 1 aliphatic rings. The van der Waals surface area contributed by atoms with Gasteiger partial charge in [-0.3, -0.25) is 4.79 Å². The van der Waals surface area contributed by atoms with E-state index in [0.29, 0.717) is 6.42 Å². The van der Waals surface area contributed by atoms with Gasteiger partial charge in [0.2, 0.25) is 5.91 Å². The largest absolute Gasteiger partial charge is 0.394 e. The summed E-state index contributed by atoms with van der Waals surface area (Å²) < 4.78 is 11.2. The molecule has 372 valence electrons. The van der Waals surface area contributed by atoms with E-state index in [4.69, 9.17) is 9.47 Å². The first-order valence-corrected chi connectivity index (χ1v) is 26.5. The van der Waals surface area contributed by atoms with Crippen molar-refractivity contribution in [3.8, 4) is 0 Å². The Bertz CT molecular complexity index is 1180. The predicted molar refractivity (Wildman–Crippen MR) is 267 cm³/mol. The molecule has 64 heavy (non-hydrogen) atoms. The van der Waals surface area contributed by atoms with E-state index in [9.17, 15) is 30.3 Å². The maximum absolute atomic E-state index is 13.0. The van der Waals surface area contributed by atoms with Crippen LogP contribution in [0.3, 0.4) is 0 Å². The minimum Gasteiger partial charge on any atom is -0.394 e. The summed E-state index contributed by atoms with van der Waals surface area (Å²) in [6.45, 7) is 3.73. The molecular weight excluding hydrogens is 803 g/mol. The van der Waals surface area contributed by atoms with Gasteiger partial charge in [-0.1, -0.05) is 203 Å². The van der Waals surface area contributed by atoms with Crippen LogP contribution in [0, 0.1) is 0 Å². The number of aliphatic hydroxyl groups is 5. The van der Waals surface area contributed by atoms with E-state index in [1.165, 1.54) is 141 Å². The number of allylic oxidation sites excluding steroid dienone is 9. The van der Waals surface area contributed by atoms with Crippen LogP contribution in [0.25, 0.3) is 0 Å². The minimum absolute atomic E-state index is 0.200. The number of hydrogen-bond donors (Lipinski definition) is 6. The Morgan fingerprint density at radius 2 is 0.938 bits per heavy atom. The average molecular weight is 902 g/mol.